The molecule has 2 saturated heterocycles. The van der Waals surface area contributed by atoms with Crippen molar-refractivity contribution in [3.05, 3.63) is 70.2 Å². The number of ether oxygens (including phenoxy) is 3. The second-order valence-electron chi connectivity index (χ2n) is 9.81. The maximum Gasteiger partial charge on any atom is 0.275 e. The van der Waals surface area contributed by atoms with E-state index < -0.39 is 0 Å². The van der Waals surface area contributed by atoms with Crippen LogP contribution in [0.1, 0.15) is 12.8 Å². The van der Waals surface area contributed by atoms with Crippen LogP contribution in [0, 0.1) is 5.41 Å². The van der Waals surface area contributed by atoms with Crippen LogP contribution in [-0.2, 0) is 4.74 Å². The van der Waals surface area contributed by atoms with Gasteiger partial charge in [-0.15, -0.1) is 11.3 Å². The molecule has 9 heteroatoms. The van der Waals surface area contributed by atoms with E-state index in [1.165, 1.54) is 24.2 Å². The Labute approximate surface area is 224 Å². The standard InChI is InChI=1S/C28H28ClN3O4S/c1-34-24-13-21(7-8-23(24)36-12-11-31-10-2-9-28(15-31)16-35-17-28)32-18-30-22-14-25(37-26(22)27(32)33)19-3-5-20(29)6-4-19/h3-8,13-14,18H,2,9-12,15-17H2,1H3. The Morgan fingerprint density at radius 1 is 1.14 bits per heavy atom. The summed E-state index contributed by atoms with van der Waals surface area (Å²) in [4.78, 5) is 21.3. The zero-order chi connectivity index (χ0) is 25.4. The monoisotopic (exact) mass is 537 g/mol. The molecule has 7 nitrogen and oxygen atoms in total. The Morgan fingerprint density at radius 3 is 2.73 bits per heavy atom. The molecule has 2 fully saturated rings. The van der Waals surface area contributed by atoms with E-state index in [4.69, 9.17) is 25.8 Å². The SMILES string of the molecule is COc1cc(-n2cnc3cc(-c4ccc(Cl)cc4)sc3c2=O)ccc1OCCN1CCCC2(COC2)C1. The summed E-state index contributed by atoms with van der Waals surface area (Å²) in [5.74, 6) is 1.24. The molecule has 0 radical (unpaired) electrons. The molecule has 6 rings (SSSR count). The minimum absolute atomic E-state index is 0.120. The quantitative estimate of drug-likeness (QED) is 0.320. The third kappa shape index (κ3) is 4.86. The number of halogens is 1. The summed E-state index contributed by atoms with van der Waals surface area (Å²) in [5, 5.41) is 0.676. The molecule has 0 bridgehead atoms. The summed E-state index contributed by atoms with van der Waals surface area (Å²) in [6.45, 7) is 5.38. The zero-order valence-corrected chi connectivity index (χ0v) is 22.2. The number of methoxy groups -OCH3 is 1. The number of benzene rings is 2. The number of aromatic nitrogens is 2. The van der Waals surface area contributed by atoms with Crippen molar-refractivity contribution in [2.75, 3.05) is 46.6 Å². The zero-order valence-electron chi connectivity index (χ0n) is 20.6. The number of hydrogen-bond acceptors (Lipinski definition) is 7. The van der Waals surface area contributed by atoms with Crippen LogP contribution in [0.3, 0.4) is 0 Å². The van der Waals surface area contributed by atoms with Gasteiger partial charge in [0.2, 0.25) is 0 Å². The summed E-state index contributed by atoms with van der Waals surface area (Å²) in [6.07, 6.45) is 4.03. The second kappa shape index (κ2) is 10.1. The van der Waals surface area contributed by atoms with Gasteiger partial charge in [-0.1, -0.05) is 23.7 Å². The van der Waals surface area contributed by atoms with Gasteiger partial charge >= 0.3 is 0 Å². The van der Waals surface area contributed by atoms with Crippen molar-refractivity contribution in [1.29, 1.82) is 0 Å². The molecule has 0 unspecified atom stereocenters. The number of fused-ring (bicyclic) bond motifs is 1. The van der Waals surface area contributed by atoms with Crippen LogP contribution in [0.4, 0.5) is 0 Å². The summed E-state index contributed by atoms with van der Waals surface area (Å²) < 4.78 is 19.3. The molecule has 0 N–H and O–H groups in total. The number of thiophene rings is 1. The van der Waals surface area contributed by atoms with Crippen molar-refractivity contribution in [2.45, 2.75) is 12.8 Å². The van der Waals surface area contributed by atoms with Crippen molar-refractivity contribution in [3.63, 3.8) is 0 Å². The molecular weight excluding hydrogens is 510 g/mol. The van der Waals surface area contributed by atoms with E-state index in [1.54, 1.807) is 18.0 Å². The predicted octanol–water partition coefficient (Wildman–Crippen LogP) is 5.27. The smallest absolute Gasteiger partial charge is 0.275 e. The van der Waals surface area contributed by atoms with Gasteiger partial charge in [0.15, 0.2) is 11.5 Å². The lowest BCUT2D eigenvalue weighted by atomic mass is 9.78. The lowest BCUT2D eigenvalue weighted by Gasteiger charge is -2.48. The van der Waals surface area contributed by atoms with Crippen molar-refractivity contribution in [1.82, 2.24) is 14.5 Å². The fourth-order valence-corrected chi connectivity index (χ4v) is 6.36. The van der Waals surface area contributed by atoms with Gasteiger partial charge in [-0.3, -0.25) is 14.3 Å². The van der Waals surface area contributed by atoms with Gasteiger partial charge in [0.25, 0.3) is 5.56 Å². The first-order valence-corrected chi connectivity index (χ1v) is 13.6. The van der Waals surface area contributed by atoms with E-state index in [0.29, 0.717) is 44.4 Å². The van der Waals surface area contributed by atoms with Crippen LogP contribution in [0.5, 0.6) is 11.5 Å². The topological polar surface area (TPSA) is 65.8 Å². The van der Waals surface area contributed by atoms with Gasteiger partial charge in [0.1, 0.15) is 17.6 Å². The van der Waals surface area contributed by atoms with Gasteiger partial charge in [-0.05, 0) is 55.3 Å². The Hall–Kier alpha value is -2.91. The average Bonchev–Trinajstić information content (AvgIpc) is 3.34. The largest absolute Gasteiger partial charge is 0.493 e. The normalized spacial score (nSPS) is 17.1. The van der Waals surface area contributed by atoms with Crippen molar-refractivity contribution in [2.24, 2.45) is 5.41 Å². The maximum absolute atomic E-state index is 13.4. The van der Waals surface area contributed by atoms with Gasteiger partial charge < -0.3 is 14.2 Å². The number of nitrogens with zero attached hydrogens (tertiary/aromatic N) is 3. The lowest BCUT2D eigenvalue weighted by molar-refractivity contribution is -0.144. The fraction of sp³-hybridized carbons (Fsp3) is 0.357. The number of piperidine rings is 1. The van der Waals surface area contributed by atoms with Crippen LogP contribution in [0.2, 0.25) is 5.02 Å². The summed E-state index contributed by atoms with van der Waals surface area (Å²) in [6, 6.07) is 15.1. The third-order valence-electron chi connectivity index (χ3n) is 7.21. The molecule has 1 spiro atoms. The van der Waals surface area contributed by atoms with E-state index in [1.807, 2.05) is 48.5 Å². The Morgan fingerprint density at radius 2 is 1.97 bits per heavy atom. The first-order chi connectivity index (χ1) is 18.0. The van der Waals surface area contributed by atoms with Crippen molar-refractivity contribution in [3.8, 4) is 27.6 Å². The highest BCUT2D eigenvalue weighted by atomic mass is 35.5. The summed E-state index contributed by atoms with van der Waals surface area (Å²) in [7, 11) is 1.61. The molecule has 0 saturated carbocycles. The molecule has 2 aliphatic heterocycles. The molecule has 2 aliphatic rings. The fourth-order valence-electron chi connectivity index (χ4n) is 5.19. The van der Waals surface area contributed by atoms with E-state index in [0.717, 1.165) is 43.3 Å². The van der Waals surface area contributed by atoms with E-state index in [2.05, 4.69) is 9.88 Å². The second-order valence-corrected chi connectivity index (χ2v) is 11.3. The average molecular weight is 538 g/mol. The van der Waals surface area contributed by atoms with Gasteiger partial charge in [0.05, 0.1) is 31.5 Å². The van der Waals surface area contributed by atoms with Crippen LogP contribution in [-0.4, -0.2) is 61.0 Å². The highest BCUT2D eigenvalue weighted by Crippen LogP contribution is 2.37. The van der Waals surface area contributed by atoms with Crippen molar-refractivity contribution >= 4 is 33.2 Å². The first kappa shape index (κ1) is 24.4. The summed E-state index contributed by atoms with van der Waals surface area (Å²) >= 11 is 7.45. The third-order valence-corrected chi connectivity index (χ3v) is 8.63. The number of hydrogen-bond donors (Lipinski definition) is 0. The molecule has 0 aliphatic carbocycles. The van der Waals surface area contributed by atoms with Crippen molar-refractivity contribution < 1.29 is 14.2 Å². The molecule has 2 aromatic heterocycles. The summed E-state index contributed by atoms with van der Waals surface area (Å²) in [5.41, 5.74) is 2.59. The predicted molar refractivity (Wildman–Crippen MR) is 147 cm³/mol. The molecular formula is C28H28ClN3O4S. The molecule has 0 amide bonds. The van der Waals surface area contributed by atoms with E-state index in [9.17, 15) is 4.79 Å². The van der Waals surface area contributed by atoms with Gasteiger partial charge in [-0.25, -0.2) is 4.98 Å². The molecule has 0 atom stereocenters. The number of likely N-dealkylation sites (tertiary alicyclic amines) is 1. The number of rotatable bonds is 7. The molecule has 4 aromatic rings. The van der Waals surface area contributed by atoms with Gasteiger partial charge in [-0.2, -0.15) is 0 Å². The Balaban J connectivity index is 1.19. The van der Waals surface area contributed by atoms with Crippen LogP contribution in [0.25, 0.3) is 26.3 Å². The molecule has 37 heavy (non-hydrogen) atoms. The Kier molecular flexibility index (Phi) is 6.67. The first-order valence-electron chi connectivity index (χ1n) is 12.4. The van der Waals surface area contributed by atoms with Crippen LogP contribution < -0.4 is 15.0 Å². The highest BCUT2D eigenvalue weighted by Gasteiger charge is 2.41. The molecule has 192 valence electrons. The highest BCUT2D eigenvalue weighted by molar-refractivity contribution is 7.22. The molecule has 2 aromatic carbocycles. The lowest BCUT2D eigenvalue weighted by Crippen LogP contribution is -2.54. The minimum atomic E-state index is -0.120. The van der Waals surface area contributed by atoms with Crippen LogP contribution in [0.15, 0.2) is 59.7 Å². The molecule has 4 heterocycles. The van der Waals surface area contributed by atoms with E-state index in [-0.39, 0.29) is 5.56 Å². The van der Waals surface area contributed by atoms with E-state index >= 15 is 0 Å². The maximum atomic E-state index is 13.4. The van der Waals surface area contributed by atoms with Crippen LogP contribution >= 0.6 is 22.9 Å². The minimum Gasteiger partial charge on any atom is -0.493 e. The Bertz CT molecular complexity index is 1480. The van der Waals surface area contributed by atoms with Gasteiger partial charge in [0, 0.05) is 34.5 Å².